The zero-order valence-electron chi connectivity index (χ0n) is 12.7. The highest BCUT2D eigenvalue weighted by molar-refractivity contribution is 5.46. The van der Waals surface area contributed by atoms with Crippen molar-refractivity contribution in [3.8, 4) is 0 Å². The summed E-state index contributed by atoms with van der Waals surface area (Å²) in [6.45, 7) is 2.68. The molecule has 3 saturated heterocycles. The molecule has 6 heteroatoms. The number of nitrogens with two attached hydrogens (primary N) is 1. The van der Waals surface area contributed by atoms with Gasteiger partial charge in [-0.25, -0.2) is 0 Å². The van der Waals surface area contributed by atoms with Gasteiger partial charge >= 0.3 is 6.18 Å². The average Bonchev–Trinajstić information content (AvgIpc) is 2.46. The first-order valence-corrected chi connectivity index (χ1v) is 7.74. The lowest BCUT2D eigenvalue weighted by molar-refractivity contribution is -0.138. The SMILES string of the molecule is CN1CC2CCC1CN2CCc1ccc(N)cc1C(F)(F)F. The minimum absolute atomic E-state index is 0.162. The van der Waals surface area contributed by atoms with E-state index in [9.17, 15) is 13.2 Å². The van der Waals surface area contributed by atoms with E-state index in [0.29, 0.717) is 30.6 Å². The molecule has 3 heterocycles. The van der Waals surface area contributed by atoms with Crippen LogP contribution in [0.3, 0.4) is 0 Å². The first kappa shape index (κ1) is 15.6. The number of benzene rings is 1. The highest BCUT2D eigenvalue weighted by Gasteiger charge is 2.37. The fraction of sp³-hybridized carbons (Fsp3) is 0.625. The lowest BCUT2D eigenvalue weighted by Crippen LogP contribution is -2.61. The van der Waals surface area contributed by atoms with Gasteiger partial charge in [0.05, 0.1) is 5.56 Å². The molecule has 3 fully saturated rings. The highest BCUT2D eigenvalue weighted by atomic mass is 19.4. The zero-order valence-corrected chi connectivity index (χ0v) is 12.7. The predicted molar refractivity (Wildman–Crippen MR) is 80.6 cm³/mol. The topological polar surface area (TPSA) is 32.5 Å². The third-order valence-electron chi connectivity index (χ3n) is 5.02. The van der Waals surface area contributed by atoms with Gasteiger partial charge in [0.25, 0.3) is 0 Å². The average molecular weight is 313 g/mol. The van der Waals surface area contributed by atoms with Gasteiger partial charge in [-0.1, -0.05) is 6.07 Å². The summed E-state index contributed by atoms with van der Waals surface area (Å²) in [6, 6.07) is 5.16. The second kappa shape index (κ2) is 5.74. The van der Waals surface area contributed by atoms with Crippen LogP contribution in [0.2, 0.25) is 0 Å². The lowest BCUT2D eigenvalue weighted by atomic mass is 9.91. The normalized spacial score (nSPS) is 26.5. The molecule has 0 spiro atoms. The highest BCUT2D eigenvalue weighted by Crippen LogP contribution is 2.34. The van der Waals surface area contributed by atoms with Crippen molar-refractivity contribution in [1.82, 2.24) is 9.80 Å². The Kier molecular flexibility index (Phi) is 4.07. The van der Waals surface area contributed by atoms with Gasteiger partial charge in [0.15, 0.2) is 0 Å². The van der Waals surface area contributed by atoms with Crippen LogP contribution < -0.4 is 5.73 Å². The smallest absolute Gasteiger partial charge is 0.399 e. The number of piperidine rings is 2. The van der Waals surface area contributed by atoms with Gasteiger partial charge < -0.3 is 10.6 Å². The molecule has 2 bridgehead atoms. The largest absolute Gasteiger partial charge is 0.416 e. The van der Waals surface area contributed by atoms with Gasteiger partial charge in [0.1, 0.15) is 0 Å². The molecule has 4 rings (SSSR count). The van der Waals surface area contributed by atoms with Crippen molar-refractivity contribution in [2.75, 3.05) is 32.4 Å². The van der Waals surface area contributed by atoms with Gasteiger partial charge in [-0.15, -0.1) is 0 Å². The number of rotatable bonds is 3. The number of hydrogen-bond acceptors (Lipinski definition) is 3. The van der Waals surface area contributed by atoms with Crippen LogP contribution in [0.25, 0.3) is 0 Å². The van der Waals surface area contributed by atoms with Crippen LogP contribution in [0.5, 0.6) is 0 Å². The lowest BCUT2D eigenvalue weighted by Gasteiger charge is -2.50. The second-order valence-corrected chi connectivity index (χ2v) is 6.48. The number of anilines is 1. The molecule has 0 aliphatic carbocycles. The monoisotopic (exact) mass is 313 g/mol. The Morgan fingerprint density at radius 1 is 1.18 bits per heavy atom. The molecular formula is C16H22F3N3. The third-order valence-corrected chi connectivity index (χ3v) is 5.02. The van der Waals surface area contributed by atoms with E-state index in [0.717, 1.165) is 25.6 Å². The summed E-state index contributed by atoms with van der Waals surface area (Å²) < 4.78 is 39.4. The van der Waals surface area contributed by atoms with Crippen LogP contribution in [0.4, 0.5) is 18.9 Å². The molecule has 22 heavy (non-hydrogen) atoms. The number of nitrogens with zero attached hydrogens (tertiary/aromatic N) is 2. The van der Waals surface area contributed by atoms with Crippen molar-refractivity contribution in [1.29, 1.82) is 0 Å². The van der Waals surface area contributed by atoms with Gasteiger partial charge in [0, 0.05) is 37.4 Å². The van der Waals surface area contributed by atoms with Crippen LogP contribution in [0.1, 0.15) is 24.0 Å². The summed E-state index contributed by atoms with van der Waals surface area (Å²) >= 11 is 0. The van der Waals surface area contributed by atoms with Crippen molar-refractivity contribution in [3.05, 3.63) is 29.3 Å². The van der Waals surface area contributed by atoms with E-state index >= 15 is 0 Å². The van der Waals surface area contributed by atoms with Crippen molar-refractivity contribution >= 4 is 5.69 Å². The summed E-state index contributed by atoms with van der Waals surface area (Å²) in [5, 5.41) is 0. The van der Waals surface area contributed by atoms with Gasteiger partial charge in [-0.05, 0) is 44.0 Å². The minimum Gasteiger partial charge on any atom is -0.399 e. The summed E-state index contributed by atoms with van der Waals surface area (Å²) in [7, 11) is 2.13. The molecule has 0 saturated carbocycles. The fourth-order valence-corrected chi connectivity index (χ4v) is 3.74. The van der Waals surface area contributed by atoms with Crippen LogP contribution >= 0.6 is 0 Å². The maximum Gasteiger partial charge on any atom is 0.416 e. The summed E-state index contributed by atoms with van der Waals surface area (Å²) in [6.07, 6.45) is -1.57. The maximum absolute atomic E-state index is 13.1. The van der Waals surface area contributed by atoms with Gasteiger partial charge in [-0.3, -0.25) is 4.90 Å². The van der Waals surface area contributed by atoms with Crippen molar-refractivity contribution in [3.63, 3.8) is 0 Å². The number of nitrogen functional groups attached to an aromatic ring is 1. The Morgan fingerprint density at radius 2 is 1.91 bits per heavy atom. The van der Waals surface area contributed by atoms with E-state index in [1.165, 1.54) is 12.5 Å². The van der Waals surface area contributed by atoms with Gasteiger partial charge in [0.2, 0.25) is 0 Å². The molecular weight excluding hydrogens is 291 g/mol. The molecule has 2 N–H and O–H groups in total. The first-order valence-electron chi connectivity index (χ1n) is 7.74. The zero-order chi connectivity index (χ0) is 15.9. The number of hydrogen-bond donors (Lipinski definition) is 1. The summed E-state index contributed by atoms with van der Waals surface area (Å²) in [5.41, 5.74) is 5.43. The Bertz CT molecular complexity index is 544. The van der Waals surface area contributed by atoms with Crippen LogP contribution in [0, 0.1) is 0 Å². The van der Waals surface area contributed by atoms with E-state index < -0.39 is 11.7 Å². The molecule has 0 amide bonds. The summed E-state index contributed by atoms with van der Waals surface area (Å²) in [4.78, 5) is 4.72. The van der Waals surface area contributed by atoms with E-state index in [4.69, 9.17) is 5.73 Å². The van der Waals surface area contributed by atoms with E-state index in [-0.39, 0.29) is 5.69 Å². The molecule has 122 valence electrons. The maximum atomic E-state index is 13.1. The first-order chi connectivity index (χ1) is 10.3. The van der Waals surface area contributed by atoms with E-state index in [1.807, 2.05) is 0 Å². The summed E-state index contributed by atoms with van der Waals surface area (Å²) in [5.74, 6) is 0. The number of piperazine rings is 1. The van der Waals surface area contributed by atoms with Crippen LogP contribution in [0.15, 0.2) is 18.2 Å². The number of alkyl halides is 3. The number of fused-ring (bicyclic) bond motifs is 3. The Hall–Kier alpha value is -1.27. The third kappa shape index (κ3) is 3.08. The minimum atomic E-state index is -4.34. The molecule has 3 aliphatic heterocycles. The molecule has 3 nitrogen and oxygen atoms in total. The Morgan fingerprint density at radius 3 is 2.50 bits per heavy atom. The standard InChI is InChI=1S/C16H22F3N3/c1-21-9-14-5-4-13(21)10-22(14)7-6-11-2-3-12(20)8-15(11)16(17,18)19/h2-3,8,13-14H,4-7,9-10,20H2,1H3. The Labute approximate surface area is 128 Å². The molecule has 0 radical (unpaired) electrons. The van der Waals surface area contributed by atoms with Gasteiger partial charge in [-0.2, -0.15) is 13.2 Å². The van der Waals surface area contributed by atoms with E-state index in [1.54, 1.807) is 6.07 Å². The van der Waals surface area contributed by atoms with Crippen LogP contribution in [-0.4, -0.2) is 48.6 Å². The molecule has 3 aliphatic rings. The molecule has 2 atom stereocenters. The molecule has 0 aromatic heterocycles. The van der Waals surface area contributed by atoms with Crippen molar-refractivity contribution < 1.29 is 13.2 Å². The Balaban J connectivity index is 1.70. The molecule has 1 aromatic rings. The molecule has 2 unspecified atom stereocenters. The van der Waals surface area contributed by atoms with E-state index in [2.05, 4.69) is 16.8 Å². The fourth-order valence-electron chi connectivity index (χ4n) is 3.74. The number of likely N-dealkylation sites (N-methyl/N-ethyl adjacent to an activating group) is 1. The number of halogens is 3. The van der Waals surface area contributed by atoms with Crippen molar-refractivity contribution in [2.45, 2.75) is 37.5 Å². The second-order valence-electron chi connectivity index (χ2n) is 6.48. The van der Waals surface area contributed by atoms with Crippen LogP contribution in [-0.2, 0) is 12.6 Å². The van der Waals surface area contributed by atoms with Crippen molar-refractivity contribution in [2.24, 2.45) is 0 Å². The quantitative estimate of drug-likeness (QED) is 0.871. The predicted octanol–water partition coefficient (Wildman–Crippen LogP) is 2.61. The molecule has 1 aromatic carbocycles.